The summed E-state index contributed by atoms with van der Waals surface area (Å²) in [5, 5.41) is 39.0. The molecule has 2 heterocycles. The van der Waals surface area contributed by atoms with E-state index in [4.69, 9.17) is 21.4 Å². The zero-order valence-electron chi connectivity index (χ0n) is 20.5. The van der Waals surface area contributed by atoms with E-state index in [-0.39, 0.29) is 27.7 Å². The summed E-state index contributed by atoms with van der Waals surface area (Å²) in [5.74, 6) is -1.73. The van der Waals surface area contributed by atoms with Crippen molar-refractivity contribution in [2.45, 2.75) is 38.3 Å². The molecule has 0 aliphatic rings. The van der Waals surface area contributed by atoms with E-state index in [1.54, 1.807) is 25.1 Å². The zero-order chi connectivity index (χ0) is 29.1. The summed E-state index contributed by atoms with van der Waals surface area (Å²) in [6, 6.07) is 5.54. The van der Waals surface area contributed by atoms with E-state index in [0.29, 0.717) is 5.56 Å². The molecule has 0 radical (unpaired) electrons. The van der Waals surface area contributed by atoms with Gasteiger partial charge in [0.25, 0.3) is 0 Å². The maximum absolute atomic E-state index is 14.2. The molecule has 0 saturated heterocycles. The topological polar surface area (TPSA) is 220 Å². The van der Waals surface area contributed by atoms with Crippen molar-refractivity contribution in [2.75, 3.05) is 17.8 Å². The normalized spacial score (nSPS) is 17.4. The third-order valence-electron chi connectivity index (χ3n) is 5.58. The van der Waals surface area contributed by atoms with Crippen LogP contribution in [-0.2, 0) is 13.7 Å². The molecular weight excluding hydrogens is 583 g/mol. The smallest absolute Gasteiger partial charge is 0.340 e. The quantitative estimate of drug-likeness (QED) is 0.0891. The van der Waals surface area contributed by atoms with Gasteiger partial charge < -0.3 is 39.8 Å². The van der Waals surface area contributed by atoms with E-state index in [0.717, 1.165) is 4.68 Å². The van der Waals surface area contributed by atoms with Crippen LogP contribution in [0.2, 0.25) is 5.28 Å². The van der Waals surface area contributed by atoms with Gasteiger partial charge in [-0.15, -0.1) is 0 Å². The van der Waals surface area contributed by atoms with Crippen molar-refractivity contribution in [3.8, 4) is 0 Å². The Morgan fingerprint density at radius 1 is 1.21 bits per heavy atom. The molecule has 2 aromatic heterocycles. The Hall–Kier alpha value is -2.29. The fourth-order valence-electron chi connectivity index (χ4n) is 3.63. The lowest BCUT2D eigenvalue weighted by molar-refractivity contribution is -0.0845. The summed E-state index contributed by atoms with van der Waals surface area (Å²) in [4.78, 5) is 35.6. The summed E-state index contributed by atoms with van der Waals surface area (Å²) in [6.07, 6.45) is -3.29. The molecule has 0 aliphatic carbocycles. The van der Waals surface area contributed by atoms with E-state index in [9.17, 15) is 33.7 Å². The molecule has 0 spiro atoms. The maximum Gasteiger partial charge on any atom is 0.340 e. The lowest BCUT2D eigenvalue weighted by Crippen LogP contribution is -2.37. The third kappa shape index (κ3) is 7.89. The van der Waals surface area contributed by atoms with Crippen molar-refractivity contribution in [3.05, 3.63) is 58.8 Å². The van der Waals surface area contributed by atoms with E-state index in [1.807, 2.05) is 0 Å². The molecule has 0 aliphatic heterocycles. The Morgan fingerprint density at radius 3 is 2.49 bits per heavy atom. The van der Waals surface area contributed by atoms with Crippen molar-refractivity contribution in [3.63, 3.8) is 0 Å². The molecule has 3 aromatic rings. The van der Waals surface area contributed by atoms with Crippen LogP contribution < -0.4 is 5.32 Å². The molecule has 7 N–H and O–H groups in total. The molecule has 18 heteroatoms. The molecule has 1 aromatic carbocycles. The molecule has 3 rings (SSSR count). The standard InChI is InChI=1S/C21H27ClFN5O9P2/c1-3-12(9-37-39(35,36)10-38(32,33)34)16(29)17(30)20(31)28-19-14(8-24-28)18(26-21(22)27-19)25-11(2)13-6-4-5-7-15(13)23/h3-8,11,16-17,20,29-31H,9-10H2,1-2H3,(H,35,36)(H,25,26,27)(H2,32,33,34)/b12-3-/t11-,16-,17-,20-/m1/s1. The van der Waals surface area contributed by atoms with Crippen LogP contribution in [0, 0.1) is 5.82 Å². The summed E-state index contributed by atoms with van der Waals surface area (Å²) in [5.41, 5.74) is 0.129. The lowest BCUT2D eigenvalue weighted by Gasteiger charge is -2.25. The zero-order valence-corrected chi connectivity index (χ0v) is 23.1. The first kappa shape index (κ1) is 31.2. The van der Waals surface area contributed by atoms with E-state index in [2.05, 4.69) is 24.9 Å². The number of hydrogen-bond donors (Lipinski definition) is 7. The second-order valence-corrected chi connectivity index (χ2v) is 12.8. The number of allylic oxidation sites excluding steroid dienone is 1. The van der Waals surface area contributed by atoms with Gasteiger partial charge in [-0.05, 0) is 37.1 Å². The minimum Gasteiger partial charge on any atom is -0.386 e. The highest BCUT2D eigenvalue weighted by molar-refractivity contribution is 7.70. The Bertz CT molecular complexity index is 1450. The number of hydrogen-bond acceptors (Lipinski definition) is 10. The highest BCUT2D eigenvalue weighted by atomic mass is 35.5. The molecule has 5 atom stereocenters. The Balaban J connectivity index is 1.82. The van der Waals surface area contributed by atoms with Crippen LogP contribution >= 0.6 is 26.8 Å². The van der Waals surface area contributed by atoms with Gasteiger partial charge in [-0.1, -0.05) is 24.3 Å². The number of rotatable bonds is 12. The summed E-state index contributed by atoms with van der Waals surface area (Å²) < 4.78 is 42.7. The van der Waals surface area contributed by atoms with Crippen molar-refractivity contribution in [1.82, 2.24) is 19.7 Å². The average molecular weight is 610 g/mol. The van der Waals surface area contributed by atoms with Crippen LogP contribution in [-0.4, -0.2) is 74.5 Å². The number of nitrogens with zero attached hydrogens (tertiary/aromatic N) is 4. The number of aliphatic hydroxyl groups excluding tert-OH is 3. The summed E-state index contributed by atoms with van der Waals surface area (Å²) >= 11 is 6.06. The van der Waals surface area contributed by atoms with Crippen LogP contribution in [0.1, 0.15) is 31.7 Å². The number of aromatic nitrogens is 4. The second-order valence-electron chi connectivity index (χ2n) is 8.48. The summed E-state index contributed by atoms with van der Waals surface area (Å²) in [7, 11) is -9.62. The maximum atomic E-state index is 14.2. The monoisotopic (exact) mass is 609 g/mol. The molecule has 0 amide bonds. The van der Waals surface area contributed by atoms with Gasteiger partial charge in [0.05, 0.1) is 24.2 Å². The number of aliphatic hydroxyl groups is 3. The molecule has 14 nitrogen and oxygen atoms in total. The Morgan fingerprint density at radius 2 is 1.87 bits per heavy atom. The molecule has 0 saturated carbocycles. The predicted molar refractivity (Wildman–Crippen MR) is 138 cm³/mol. The lowest BCUT2D eigenvalue weighted by atomic mass is 10.0. The van der Waals surface area contributed by atoms with Gasteiger partial charge in [0.2, 0.25) is 5.28 Å². The minimum atomic E-state index is -4.88. The number of nitrogens with one attached hydrogen (secondary N) is 1. The largest absolute Gasteiger partial charge is 0.386 e. The first-order valence-electron chi connectivity index (χ1n) is 11.3. The highest BCUT2D eigenvalue weighted by Gasteiger charge is 2.34. The van der Waals surface area contributed by atoms with E-state index >= 15 is 0 Å². The second kappa shape index (κ2) is 12.5. The first-order chi connectivity index (χ1) is 18.1. The fourth-order valence-corrected chi connectivity index (χ4v) is 6.33. The molecular formula is C21H27ClFN5O9P2. The van der Waals surface area contributed by atoms with Crippen LogP contribution in [0.5, 0.6) is 0 Å². The predicted octanol–water partition coefficient (Wildman–Crippen LogP) is 2.29. The van der Waals surface area contributed by atoms with Crippen LogP contribution in [0.4, 0.5) is 10.2 Å². The van der Waals surface area contributed by atoms with Crippen LogP contribution in [0.25, 0.3) is 11.0 Å². The number of benzene rings is 1. The summed E-state index contributed by atoms with van der Waals surface area (Å²) in [6.45, 7) is 2.30. The van der Waals surface area contributed by atoms with Gasteiger partial charge >= 0.3 is 15.2 Å². The average Bonchev–Trinajstić information content (AvgIpc) is 3.25. The van der Waals surface area contributed by atoms with E-state index < -0.39 is 58.0 Å². The third-order valence-corrected chi connectivity index (χ3v) is 9.18. The first-order valence-corrected chi connectivity index (χ1v) is 15.2. The van der Waals surface area contributed by atoms with E-state index in [1.165, 1.54) is 25.3 Å². The Labute approximate surface area is 226 Å². The number of fused-ring (bicyclic) bond motifs is 1. The van der Waals surface area contributed by atoms with Gasteiger partial charge in [-0.2, -0.15) is 15.1 Å². The molecule has 0 fully saturated rings. The Kier molecular flexibility index (Phi) is 10.00. The van der Waals surface area contributed by atoms with Gasteiger partial charge in [0.15, 0.2) is 17.8 Å². The van der Waals surface area contributed by atoms with Gasteiger partial charge in [-0.3, -0.25) is 9.13 Å². The SMILES string of the molecule is C/C=C(/COP(=O)(O)CP(=O)(O)O)[C@@H](O)[C@@H](O)[C@@H](O)n1ncc2c(N[C@H](C)c3ccccc3F)nc(Cl)nc21. The van der Waals surface area contributed by atoms with Crippen LogP contribution in [0.3, 0.4) is 0 Å². The van der Waals surface area contributed by atoms with Crippen molar-refractivity contribution < 1.29 is 48.0 Å². The van der Waals surface area contributed by atoms with Gasteiger partial charge in [0, 0.05) is 5.56 Å². The molecule has 214 valence electrons. The minimum absolute atomic E-state index is 0.0447. The van der Waals surface area contributed by atoms with Gasteiger partial charge in [-0.25, -0.2) is 9.07 Å². The molecule has 1 unspecified atom stereocenters. The van der Waals surface area contributed by atoms with Crippen LogP contribution in [0.15, 0.2) is 42.1 Å². The number of halogens is 2. The van der Waals surface area contributed by atoms with Crippen molar-refractivity contribution >= 4 is 43.6 Å². The van der Waals surface area contributed by atoms with Crippen molar-refractivity contribution in [1.29, 1.82) is 0 Å². The molecule has 0 bridgehead atoms. The fraction of sp³-hybridized carbons (Fsp3) is 0.381. The highest BCUT2D eigenvalue weighted by Crippen LogP contribution is 2.55. The van der Waals surface area contributed by atoms with Crippen molar-refractivity contribution in [2.24, 2.45) is 0 Å². The molecule has 39 heavy (non-hydrogen) atoms. The van der Waals surface area contributed by atoms with Gasteiger partial charge in [0.1, 0.15) is 23.8 Å². The number of anilines is 1.